The molecule has 1 unspecified atom stereocenters. The first kappa shape index (κ1) is 13.3. The molecule has 100 valence electrons. The maximum absolute atomic E-state index is 13.0. The van der Waals surface area contributed by atoms with Crippen molar-refractivity contribution in [2.75, 3.05) is 12.3 Å². The average molecular weight is 252 g/mol. The van der Waals surface area contributed by atoms with Crippen molar-refractivity contribution in [3.8, 4) is 0 Å². The predicted octanol–water partition coefficient (Wildman–Crippen LogP) is 2.36. The quantitative estimate of drug-likeness (QED) is 0.721. The molecule has 1 atom stereocenters. The van der Waals surface area contributed by atoms with E-state index in [1.165, 1.54) is 44.2 Å². The van der Waals surface area contributed by atoms with Crippen LogP contribution in [0, 0.1) is 5.82 Å². The highest BCUT2D eigenvalue weighted by Crippen LogP contribution is 2.20. The van der Waals surface area contributed by atoms with Crippen molar-refractivity contribution in [1.82, 2.24) is 5.32 Å². The summed E-state index contributed by atoms with van der Waals surface area (Å²) >= 11 is 0. The molecule has 1 saturated carbocycles. The smallest absolute Gasteiger partial charge is 0.146 e. The van der Waals surface area contributed by atoms with Gasteiger partial charge in [0.1, 0.15) is 5.82 Å². The van der Waals surface area contributed by atoms with E-state index in [4.69, 9.17) is 5.73 Å². The lowest BCUT2D eigenvalue weighted by Gasteiger charge is -2.24. The third-order valence-electron chi connectivity index (χ3n) is 3.61. The number of aliphatic hydroxyl groups is 1. The van der Waals surface area contributed by atoms with Gasteiger partial charge in [-0.3, -0.25) is 0 Å². The van der Waals surface area contributed by atoms with E-state index >= 15 is 0 Å². The minimum absolute atomic E-state index is 0.0872. The van der Waals surface area contributed by atoms with Gasteiger partial charge in [0, 0.05) is 12.6 Å². The van der Waals surface area contributed by atoms with Gasteiger partial charge in [-0.1, -0.05) is 25.3 Å². The molecule has 0 aliphatic heterocycles. The number of benzene rings is 1. The van der Waals surface area contributed by atoms with E-state index in [1.807, 2.05) is 0 Å². The summed E-state index contributed by atoms with van der Waals surface area (Å²) in [6, 6.07) is 4.89. The molecule has 1 aliphatic carbocycles. The van der Waals surface area contributed by atoms with Crippen LogP contribution in [-0.2, 0) is 0 Å². The van der Waals surface area contributed by atoms with Crippen molar-refractivity contribution in [3.05, 3.63) is 29.6 Å². The first-order valence-corrected chi connectivity index (χ1v) is 6.63. The number of halogens is 1. The van der Waals surface area contributed by atoms with Gasteiger partial charge in [0.05, 0.1) is 11.8 Å². The summed E-state index contributed by atoms with van der Waals surface area (Å²) in [7, 11) is 0. The summed E-state index contributed by atoms with van der Waals surface area (Å²) in [5.74, 6) is -0.439. The van der Waals surface area contributed by atoms with E-state index in [0.29, 0.717) is 18.2 Å². The number of nitrogens with two attached hydrogens (primary N) is 1. The number of hydrogen-bond donors (Lipinski definition) is 3. The van der Waals surface area contributed by atoms with Crippen LogP contribution in [0.1, 0.15) is 43.8 Å². The summed E-state index contributed by atoms with van der Waals surface area (Å²) in [5.41, 5.74) is 6.24. The van der Waals surface area contributed by atoms with Gasteiger partial charge in [-0.05, 0) is 30.5 Å². The summed E-state index contributed by atoms with van der Waals surface area (Å²) in [4.78, 5) is 0. The van der Waals surface area contributed by atoms with Crippen molar-refractivity contribution in [2.45, 2.75) is 44.2 Å². The number of anilines is 1. The van der Waals surface area contributed by atoms with Crippen LogP contribution in [-0.4, -0.2) is 17.7 Å². The highest BCUT2D eigenvalue weighted by atomic mass is 19.1. The molecule has 18 heavy (non-hydrogen) atoms. The Kier molecular flexibility index (Phi) is 4.55. The second kappa shape index (κ2) is 6.16. The summed E-state index contributed by atoms with van der Waals surface area (Å²) in [6.45, 7) is 0.496. The van der Waals surface area contributed by atoms with Crippen LogP contribution < -0.4 is 11.1 Å². The Labute approximate surface area is 107 Å². The molecule has 1 aromatic carbocycles. The highest BCUT2D eigenvalue weighted by molar-refractivity contribution is 5.43. The SMILES string of the molecule is Nc1cc(C(O)CNC2CCCCC2)ccc1F. The molecule has 4 heteroatoms. The molecule has 2 rings (SSSR count). The molecular formula is C14H21FN2O. The van der Waals surface area contributed by atoms with Crippen LogP contribution in [0.25, 0.3) is 0 Å². The van der Waals surface area contributed by atoms with E-state index < -0.39 is 11.9 Å². The zero-order valence-electron chi connectivity index (χ0n) is 10.5. The molecule has 1 fully saturated rings. The third kappa shape index (κ3) is 3.43. The Balaban J connectivity index is 1.86. The van der Waals surface area contributed by atoms with Crippen LogP contribution >= 0.6 is 0 Å². The Bertz CT molecular complexity index is 391. The maximum Gasteiger partial charge on any atom is 0.146 e. The van der Waals surface area contributed by atoms with Gasteiger partial charge >= 0.3 is 0 Å². The molecule has 0 saturated heterocycles. The fourth-order valence-electron chi connectivity index (χ4n) is 2.47. The predicted molar refractivity (Wildman–Crippen MR) is 70.6 cm³/mol. The normalized spacial score (nSPS) is 18.8. The van der Waals surface area contributed by atoms with Crippen molar-refractivity contribution >= 4 is 5.69 Å². The molecular weight excluding hydrogens is 231 g/mol. The lowest BCUT2D eigenvalue weighted by molar-refractivity contribution is 0.165. The second-order valence-electron chi connectivity index (χ2n) is 5.04. The molecule has 4 N–H and O–H groups in total. The molecule has 1 aliphatic rings. The van der Waals surface area contributed by atoms with Crippen LogP contribution in [0.15, 0.2) is 18.2 Å². The van der Waals surface area contributed by atoms with Crippen molar-refractivity contribution in [1.29, 1.82) is 0 Å². The Hall–Kier alpha value is -1.13. The molecule has 0 aromatic heterocycles. The summed E-state index contributed by atoms with van der Waals surface area (Å²) in [5, 5.41) is 13.4. The third-order valence-corrected chi connectivity index (χ3v) is 3.61. The van der Waals surface area contributed by atoms with Crippen LogP contribution in [0.3, 0.4) is 0 Å². The minimum atomic E-state index is -0.630. The summed E-state index contributed by atoms with van der Waals surface area (Å²) < 4.78 is 13.0. The van der Waals surface area contributed by atoms with Gasteiger partial charge in [-0.25, -0.2) is 4.39 Å². The number of nitrogen functional groups attached to an aromatic ring is 1. The monoisotopic (exact) mass is 252 g/mol. The Morgan fingerprint density at radius 2 is 2.06 bits per heavy atom. The number of rotatable bonds is 4. The molecule has 0 heterocycles. The van der Waals surface area contributed by atoms with Crippen LogP contribution in [0.4, 0.5) is 10.1 Å². The second-order valence-corrected chi connectivity index (χ2v) is 5.04. The zero-order chi connectivity index (χ0) is 13.0. The van der Waals surface area contributed by atoms with E-state index in [1.54, 1.807) is 6.07 Å². The van der Waals surface area contributed by atoms with Gasteiger partial charge in [0.15, 0.2) is 0 Å². The number of aliphatic hydroxyl groups excluding tert-OH is 1. The first-order valence-electron chi connectivity index (χ1n) is 6.63. The molecule has 0 amide bonds. The van der Waals surface area contributed by atoms with Gasteiger partial charge in [0.2, 0.25) is 0 Å². The van der Waals surface area contributed by atoms with Crippen LogP contribution in [0.2, 0.25) is 0 Å². The largest absolute Gasteiger partial charge is 0.396 e. The molecule has 0 radical (unpaired) electrons. The maximum atomic E-state index is 13.0. The van der Waals surface area contributed by atoms with Crippen LogP contribution in [0.5, 0.6) is 0 Å². The fraction of sp³-hybridized carbons (Fsp3) is 0.571. The van der Waals surface area contributed by atoms with E-state index in [2.05, 4.69) is 5.32 Å². The summed E-state index contributed by atoms with van der Waals surface area (Å²) in [6.07, 6.45) is 5.56. The Morgan fingerprint density at radius 3 is 2.72 bits per heavy atom. The number of nitrogens with one attached hydrogen (secondary N) is 1. The topological polar surface area (TPSA) is 58.3 Å². The van der Waals surface area contributed by atoms with E-state index in [-0.39, 0.29) is 5.69 Å². The lowest BCUT2D eigenvalue weighted by Crippen LogP contribution is -2.34. The molecule has 0 spiro atoms. The van der Waals surface area contributed by atoms with Gasteiger partial charge in [-0.2, -0.15) is 0 Å². The van der Waals surface area contributed by atoms with E-state index in [9.17, 15) is 9.50 Å². The van der Waals surface area contributed by atoms with Crippen molar-refractivity contribution < 1.29 is 9.50 Å². The molecule has 3 nitrogen and oxygen atoms in total. The zero-order valence-corrected chi connectivity index (χ0v) is 10.5. The fourth-order valence-corrected chi connectivity index (χ4v) is 2.47. The van der Waals surface area contributed by atoms with E-state index in [0.717, 1.165) is 0 Å². The average Bonchev–Trinajstić information content (AvgIpc) is 2.40. The lowest BCUT2D eigenvalue weighted by atomic mass is 9.95. The van der Waals surface area contributed by atoms with Gasteiger partial charge in [0.25, 0.3) is 0 Å². The molecule has 0 bridgehead atoms. The minimum Gasteiger partial charge on any atom is -0.396 e. The Morgan fingerprint density at radius 1 is 1.33 bits per heavy atom. The van der Waals surface area contributed by atoms with Gasteiger partial charge in [-0.15, -0.1) is 0 Å². The number of hydrogen-bond acceptors (Lipinski definition) is 3. The van der Waals surface area contributed by atoms with Crippen molar-refractivity contribution in [3.63, 3.8) is 0 Å². The first-order chi connectivity index (χ1) is 8.66. The van der Waals surface area contributed by atoms with Crippen molar-refractivity contribution in [2.24, 2.45) is 0 Å². The molecule has 1 aromatic rings. The highest BCUT2D eigenvalue weighted by Gasteiger charge is 2.15. The van der Waals surface area contributed by atoms with Gasteiger partial charge < -0.3 is 16.2 Å². The standard InChI is InChI=1S/C14H21FN2O/c15-12-7-6-10(8-13(12)16)14(18)9-17-11-4-2-1-3-5-11/h6-8,11,14,17-18H,1-5,9,16H2.